The third kappa shape index (κ3) is 4.81. The van der Waals surface area contributed by atoms with E-state index < -0.39 is 0 Å². The van der Waals surface area contributed by atoms with Crippen molar-refractivity contribution in [2.75, 3.05) is 6.61 Å². The first-order valence-electron chi connectivity index (χ1n) is 4.17. The second-order valence-corrected chi connectivity index (χ2v) is 3.91. The van der Waals surface area contributed by atoms with E-state index in [-0.39, 0.29) is 12.4 Å². The number of hydrogen-bond acceptors (Lipinski definition) is 2. The van der Waals surface area contributed by atoms with Gasteiger partial charge in [-0.2, -0.15) is 0 Å². The van der Waals surface area contributed by atoms with Crippen LogP contribution in [-0.4, -0.2) is 12.5 Å². The van der Waals surface area contributed by atoms with Crippen molar-refractivity contribution in [1.82, 2.24) is 0 Å². The summed E-state index contributed by atoms with van der Waals surface area (Å²) in [5, 5.41) is 7.46. The molecule has 14 heavy (non-hydrogen) atoms. The predicted octanol–water partition coefficient (Wildman–Crippen LogP) is 3.27. The van der Waals surface area contributed by atoms with Gasteiger partial charge in [-0.15, -0.1) is 12.4 Å². The Labute approximate surface area is 104 Å². The topological polar surface area (TPSA) is 33.1 Å². The Morgan fingerprint density at radius 1 is 1.36 bits per heavy atom. The lowest BCUT2D eigenvalue weighted by molar-refractivity contribution is 0.317. The van der Waals surface area contributed by atoms with Gasteiger partial charge in [-0.05, 0) is 47.2 Å². The molecule has 0 aromatic heterocycles. The van der Waals surface area contributed by atoms with Crippen molar-refractivity contribution in [2.24, 2.45) is 0 Å². The molecule has 1 N–H and O–H groups in total. The molecule has 0 saturated heterocycles. The minimum Gasteiger partial charge on any atom is -0.481 e. The molecular formula is C10H13ClINO. The van der Waals surface area contributed by atoms with Crippen LogP contribution in [0.5, 0.6) is 0 Å². The second-order valence-electron chi connectivity index (χ2n) is 2.66. The van der Waals surface area contributed by atoms with Crippen LogP contribution >= 0.6 is 35.0 Å². The first-order chi connectivity index (χ1) is 6.22. The van der Waals surface area contributed by atoms with E-state index >= 15 is 0 Å². The Bertz CT molecular complexity index is 287. The van der Waals surface area contributed by atoms with Crippen LogP contribution in [0.2, 0.25) is 0 Å². The zero-order chi connectivity index (χ0) is 9.68. The normalized spacial score (nSPS) is 9.00. The molecule has 2 nitrogen and oxygen atoms in total. The third-order valence-electron chi connectivity index (χ3n) is 1.60. The molecule has 0 spiro atoms. The average molecular weight is 326 g/mol. The molecular weight excluding hydrogens is 312 g/mol. The van der Waals surface area contributed by atoms with Crippen LogP contribution in [-0.2, 0) is 11.2 Å². The van der Waals surface area contributed by atoms with Crippen LogP contribution in [0.25, 0.3) is 0 Å². The molecule has 0 unspecified atom stereocenters. The molecule has 0 aliphatic carbocycles. The summed E-state index contributed by atoms with van der Waals surface area (Å²) in [4.78, 5) is 0. The van der Waals surface area contributed by atoms with Crippen molar-refractivity contribution in [3.8, 4) is 0 Å². The van der Waals surface area contributed by atoms with Gasteiger partial charge in [0.1, 0.15) is 0 Å². The van der Waals surface area contributed by atoms with Gasteiger partial charge in [0, 0.05) is 9.99 Å². The molecule has 0 aliphatic rings. The molecule has 0 fully saturated rings. The van der Waals surface area contributed by atoms with Gasteiger partial charge in [0.2, 0.25) is 0 Å². The molecule has 1 rings (SSSR count). The van der Waals surface area contributed by atoms with Crippen molar-refractivity contribution in [2.45, 2.75) is 13.3 Å². The van der Waals surface area contributed by atoms with Gasteiger partial charge in [-0.25, -0.2) is 0 Å². The molecule has 4 heteroatoms. The lowest BCUT2D eigenvalue weighted by Gasteiger charge is -2.04. The van der Waals surface area contributed by atoms with E-state index in [0.717, 1.165) is 5.56 Å². The van der Waals surface area contributed by atoms with Crippen LogP contribution in [0, 0.1) is 8.98 Å². The van der Waals surface area contributed by atoms with Gasteiger partial charge in [0.15, 0.2) is 5.90 Å². The molecule has 0 atom stereocenters. The summed E-state index contributed by atoms with van der Waals surface area (Å²) in [6, 6.07) is 8.12. The number of hydrogen-bond donors (Lipinski definition) is 1. The summed E-state index contributed by atoms with van der Waals surface area (Å²) in [5.41, 5.74) is 1.12. The number of benzene rings is 1. The summed E-state index contributed by atoms with van der Waals surface area (Å²) in [6.07, 6.45) is 0.588. The first-order valence-corrected chi connectivity index (χ1v) is 5.25. The Hall–Kier alpha value is -0.290. The highest BCUT2D eigenvalue weighted by Crippen LogP contribution is 2.07. The third-order valence-corrected chi connectivity index (χ3v) is 2.32. The Morgan fingerprint density at radius 2 is 1.93 bits per heavy atom. The molecule has 0 heterocycles. The maximum Gasteiger partial charge on any atom is 0.184 e. The zero-order valence-electron chi connectivity index (χ0n) is 7.92. The van der Waals surface area contributed by atoms with Gasteiger partial charge in [-0.1, -0.05) is 12.1 Å². The Morgan fingerprint density at radius 3 is 2.43 bits per heavy atom. The molecule has 0 aliphatic heterocycles. The molecule has 0 bridgehead atoms. The van der Waals surface area contributed by atoms with E-state index in [4.69, 9.17) is 10.1 Å². The molecule has 1 aromatic rings. The largest absolute Gasteiger partial charge is 0.481 e. The predicted molar refractivity (Wildman–Crippen MR) is 69.5 cm³/mol. The highest BCUT2D eigenvalue weighted by Gasteiger charge is 1.98. The Balaban J connectivity index is 0.00000169. The Kier molecular flexibility index (Phi) is 6.92. The summed E-state index contributed by atoms with van der Waals surface area (Å²) >= 11 is 2.26. The first kappa shape index (κ1) is 13.7. The van der Waals surface area contributed by atoms with Gasteiger partial charge in [-0.3, -0.25) is 5.41 Å². The van der Waals surface area contributed by atoms with E-state index in [9.17, 15) is 0 Å². The number of ether oxygens (including phenoxy) is 1. The molecule has 0 saturated carbocycles. The monoisotopic (exact) mass is 325 g/mol. The highest BCUT2D eigenvalue weighted by atomic mass is 127. The summed E-state index contributed by atoms with van der Waals surface area (Å²) < 4.78 is 6.27. The lowest BCUT2D eigenvalue weighted by atomic mass is 10.1. The smallest absolute Gasteiger partial charge is 0.184 e. The highest BCUT2D eigenvalue weighted by molar-refractivity contribution is 14.1. The van der Waals surface area contributed by atoms with Gasteiger partial charge in [0.05, 0.1) is 6.61 Å². The summed E-state index contributed by atoms with van der Waals surface area (Å²) in [6.45, 7) is 2.46. The minimum atomic E-state index is 0. The van der Waals surface area contributed by atoms with E-state index in [2.05, 4.69) is 22.6 Å². The molecule has 0 radical (unpaired) electrons. The lowest BCUT2D eigenvalue weighted by Crippen LogP contribution is -2.06. The van der Waals surface area contributed by atoms with E-state index in [1.54, 1.807) is 0 Å². The quantitative estimate of drug-likeness (QED) is 0.516. The second kappa shape index (κ2) is 7.06. The molecule has 1 aromatic carbocycles. The fraction of sp³-hybridized carbons (Fsp3) is 0.300. The molecule has 0 amide bonds. The SMILES string of the molecule is CCOC(=N)Cc1ccc(I)cc1.Cl. The van der Waals surface area contributed by atoms with Crippen LogP contribution in [0.3, 0.4) is 0 Å². The zero-order valence-corrected chi connectivity index (χ0v) is 10.9. The minimum absolute atomic E-state index is 0. The number of halogens is 2. The van der Waals surface area contributed by atoms with Gasteiger partial charge < -0.3 is 4.74 Å². The maximum absolute atomic E-state index is 7.46. The van der Waals surface area contributed by atoms with Gasteiger partial charge in [0.25, 0.3) is 0 Å². The fourth-order valence-electron chi connectivity index (χ4n) is 1.01. The number of rotatable bonds is 3. The summed E-state index contributed by atoms with van der Waals surface area (Å²) in [5.74, 6) is 0.337. The van der Waals surface area contributed by atoms with Gasteiger partial charge >= 0.3 is 0 Å². The van der Waals surface area contributed by atoms with Crippen LogP contribution in [0.15, 0.2) is 24.3 Å². The van der Waals surface area contributed by atoms with Crippen LogP contribution in [0.4, 0.5) is 0 Å². The maximum atomic E-state index is 7.46. The van der Waals surface area contributed by atoms with Crippen molar-refractivity contribution < 1.29 is 4.74 Å². The van der Waals surface area contributed by atoms with Crippen LogP contribution in [0.1, 0.15) is 12.5 Å². The summed E-state index contributed by atoms with van der Waals surface area (Å²) in [7, 11) is 0. The van der Waals surface area contributed by atoms with Crippen molar-refractivity contribution >= 4 is 40.9 Å². The average Bonchev–Trinajstić information content (AvgIpc) is 2.09. The van der Waals surface area contributed by atoms with Crippen molar-refractivity contribution in [3.05, 3.63) is 33.4 Å². The van der Waals surface area contributed by atoms with Crippen molar-refractivity contribution in [1.29, 1.82) is 5.41 Å². The number of nitrogens with one attached hydrogen (secondary N) is 1. The van der Waals surface area contributed by atoms with E-state index in [1.165, 1.54) is 3.57 Å². The standard InChI is InChI=1S/C10H12INO.ClH/c1-2-13-10(12)7-8-3-5-9(11)6-4-8;/h3-6,12H,2,7H2,1H3;1H. The van der Waals surface area contributed by atoms with E-state index in [1.807, 2.05) is 31.2 Å². The van der Waals surface area contributed by atoms with Crippen molar-refractivity contribution in [3.63, 3.8) is 0 Å². The van der Waals surface area contributed by atoms with Crippen LogP contribution < -0.4 is 0 Å². The van der Waals surface area contributed by atoms with E-state index in [0.29, 0.717) is 18.9 Å². The fourth-order valence-corrected chi connectivity index (χ4v) is 1.37. The molecule has 78 valence electrons.